The van der Waals surface area contributed by atoms with Gasteiger partial charge >= 0.3 is 0 Å². The van der Waals surface area contributed by atoms with E-state index in [0.717, 1.165) is 28.4 Å². The van der Waals surface area contributed by atoms with Gasteiger partial charge in [-0.05, 0) is 68.3 Å². The third-order valence-corrected chi connectivity index (χ3v) is 9.42. The molecule has 0 amide bonds. The second-order valence-corrected chi connectivity index (χ2v) is 14.6. The van der Waals surface area contributed by atoms with Crippen molar-refractivity contribution in [2.24, 2.45) is 0 Å². The Morgan fingerprint density at radius 1 is 0.787 bits per heavy atom. The van der Waals surface area contributed by atoms with Crippen molar-refractivity contribution >= 4 is 53.9 Å². The summed E-state index contributed by atoms with van der Waals surface area (Å²) in [6, 6.07) is 31.1. The quantitative estimate of drug-likeness (QED) is 0.0882. The predicted molar refractivity (Wildman–Crippen MR) is 188 cm³/mol. The Labute approximate surface area is 274 Å². The number of fused-ring (bicyclic) bond motifs is 2. The van der Waals surface area contributed by atoms with Crippen LogP contribution in [0.4, 0.5) is 22.7 Å². The topological polar surface area (TPSA) is 129 Å². The molecule has 0 unspecified atom stereocenters. The molecule has 0 fully saturated rings. The maximum Gasteiger partial charge on any atom is 0.295 e. The summed E-state index contributed by atoms with van der Waals surface area (Å²) in [5, 5.41) is 4.89. The van der Waals surface area contributed by atoms with E-state index in [2.05, 4.69) is 27.6 Å². The van der Waals surface area contributed by atoms with Crippen molar-refractivity contribution in [3.05, 3.63) is 120 Å². The third kappa shape index (κ3) is 6.78. The van der Waals surface area contributed by atoms with Crippen LogP contribution in [0.15, 0.2) is 112 Å². The third-order valence-electron chi connectivity index (χ3n) is 7.90. The zero-order valence-electron chi connectivity index (χ0n) is 26.3. The molecule has 0 saturated carbocycles. The molecule has 6 rings (SSSR count). The van der Waals surface area contributed by atoms with Gasteiger partial charge in [0.1, 0.15) is 22.8 Å². The van der Waals surface area contributed by atoms with E-state index >= 15 is 0 Å². The lowest BCUT2D eigenvalue weighted by Gasteiger charge is -2.18. The van der Waals surface area contributed by atoms with Crippen LogP contribution in [-0.2, 0) is 20.1 Å². The van der Waals surface area contributed by atoms with Crippen LogP contribution in [-0.4, -0.2) is 34.2 Å². The van der Waals surface area contributed by atoms with E-state index in [4.69, 9.17) is 4.42 Å². The fraction of sp³-hybridized carbons (Fsp3) is 0.139. The molecule has 1 aliphatic heterocycles. The van der Waals surface area contributed by atoms with Crippen molar-refractivity contribution in [2.75, 3.05) is 22.8 Å². The van der Waals surface area contributed by atoms with Gasteiger partial charge in [0.2, 0.25) is 21.1 Å². The highest BCUT2D eigenvalue weighted by atomic mass is 32.2. The van der Waals surface area contributed by atoms with Crippen LogP contribution in [0.2, 0.25) is 0 Å². The Morgan fingerprint density at radius 3 is 2.28 bits per heavy atom. The van der Waals surface area contributed by atoms with E-state index in [-0.39, 0.29) is 4.90 Å². The number of hydrogen-bond donors (Lipinski definition) is 3. The first-order chi connectivity index (χ1) is 22.3. The van der Waals surface area contributed by atoms with Crippen molar-refractivity contribution in [1.82, 2.24) is 4.58 Å². The minimum absolute atomic E-state index is 0.208. The van der Waals surface area contributed by atoms with Gasteiger partial charge in [-0.15, -0.1) is 0 Å². The van der Waals surface area contributed by atoms with Gasteiger partial charge in [0, 0.05) is 57.7 Å². The maximum absolute atomic E-state index is 12.5. The minimum atomic E-state index is -4.56. The van der Waals surface area contributed by atoms with Crippen LogP contribution in [0.1, 0.15) is 18.1 Å². The Morgan fingerprint density at radius 2 is 1.55 bits per heavy atom. The number of sulfonamides is 1. The highest BCUT2D eigenvalue weighted by Gasteiger charge is 2.24. The van der Waals surface area contributed by atoms with E-state index in [1.165, 1.54) is 6.07 Å². The first-order valence-electron chi connectivity index (χ1n) is 14.9. The van der Waals surface area contributed by atoms with Gasteiger partial charge in [0.05, 0.1) is 18.0 Å². The molecule has 47 heavy (non-hydrogen) atoms. The number of benzene rings is 5. The number of nitrogens with one attached hydrogen (secondary N) is 2. The van der Waals surface area contributed by atoms with Gasteiger partial charge in [-0.1, -0.05) is 36.4 Å². The van der Waals surface area contributed by atoms with Gasteiger partial charge in [-0.2, -0.15) is 13.0 Å². The van der Waals surface area contributed by atoms with Gasteiger partial charge in [-0.3, -0.25) is 9.27 Å². The zero-order chi connectivity index (χ0) is 33.5. The standard InChI is InChI=1S/C36H33N3O6S2/c1-5-39(27-10-8-9-23(2)19-27)28-16-18-30-34(22-28)45-33-21-25(37-32-20-26(14-13-24(32)3)38-46(4,40)41)15-17-29(33)36(30)31-11-6-7-12-35(31)47(42,43)44/h6-22,38H,5H2,1-4H3,(H,42,43,44)/p+1. The largest absolute Gasteiger partial charge is 0.456 e. The summed E-state index contributed by atoms with van der Waals surface area (Å²) in [7, 11) is -8.02. The summed E-state index contributed by atoms with van der Waals surface area (Å²) >= 11 is 0. The van der Waals surface area contributed by atoms with Gasteiger partial charge in [0.25, 0.3) is 10.1 Å². The van der Waals surface area contributed by atoms with Gasteiger partial charge < -0.3 is 9.73 Å². The van der Waals surface area contributed by atoms with Crippen molar-refractivity contribution in [3.63, 3.8) is 0 Å². The number of rotatable bonds is 8. The van der Waals surface area contributed by atoms with Gasteiger partial charge in [0.15, 0.2) is 0 Å². The number of nitrogens with zero attached hydrogens (tertiary/aromatic N) is 1. The van der Waals surface area contributed by atoms with Crippen LogP contribution in [0.5, 0.6) is 0 Å². The first-order valence-corrected chi connectivity index (χ1v) is 18.2. The molecule has 240 valence electrons. The summed E-state index contributed by atoms with van der Waals surface area (Å²) < 4.78 is 70.1. The van der Waals surface area contributed by atoms with E-state index in [1.807, 2.05) is 74.5 Å². The lowest BCUT2D eigenvalue weighted by molar-refractivity contribution is 0.483. The molecule has 0 bridgehead atoms. The molecule has 3 N–H and O–H groups in total. The fourth-order valence-electron chi connectivity index (χ4n) is 5.81. The van der Waals surface area contributed by atoms with Crippen LogP contribution in [0, 0.1) is 13.8 Å². The smallest absolute Gasteiger partial charge is 0.295 e. The molecular formula is C36H34N3O6S2+. The van der Waals surface area contributed by atoms with Gasteiger partial charge in [-0.25, -0.2) is 8.42 Å². The van der Waals surface area contributed by atoms with Crippen molar-refractivity contribution in [3.8, 4) is 22.5 Å². The second-order valence-electron chi connectivity index (χ2n) is 11.5. The normalized spacial score (nSPS) is 12.7. The molecule has 1 heterocycles. The van der Waals surface area contributed by atoms with Crippen LogP contribution < -0.4 is 20.0 Å². The Balaban J connectivity index is 1.60. The number of aryl methyl sites for hydroxylation is 2. The van der Waals surface area contributed by atoms with Crippen molar-refractivity contribution < 1.29 is 25.8 Å². The molecule has 9 nitrogen and oxygen atoms in total. The molecule has 4 aromatic rings. The summed E-state index contributed by atoms with van der Waals surface area (Å²) in [6.45, 7) is 6.72. The molecule has 1 aliphatic carbocycles. The second kappa shape index (κ2) is 12.3. The first kappa shape index (κ1) is 32.0. The molecule has 0 spiro atoms. The summed E-state index contributed by atoms with van der Waals surface area (Å²) in [5.74, 6) is 0.522. The van der Waals surface area contributed by atoms with Crippen LogP contribution in [0.25, 0.3) is 33.4 Å². The molecule has 0 saturated heterocycles. The van der Waals surface area contributed by atoms with Crippen molar-refractivity contribution in [2.45, 2.75) is 25.7 Å². The van der Waals surface area contributed by atoms with E-state index in [1.54, 1.807) is 30.3 Å². The highest BCUT2D eigenvalue weighted by Crippen LogP contribution is 2.43. The lowest BCUT2D eigenvalue weighted by Crippen LogP contribution is -2.25. The zero-order valence-corrected chi connectivity index (χ0v) is 27.9. The molecule has 0 aromatic heterocycles. The molecule has 0 atom stereocenters. The molecule has 2 aliphatic rings. The molecular weight excluding hydrogens is 635 g/mol. The molecule has 11 heteroatoms. The summed E-state index contributed by atoms with van der Waals surface area (Å²) in [5.41, 5.74) is 6.92. The maximum atomic E-state index is 12.5. The highest BCUT2D eigenvalue weighted by molar-refractivity contribution is 7.92. The average Bonchev–Trinajstić information content (AvgIpc) is 3.01. The molecule has 0 radical (unpaired) electrons. The Bertz CT molecular complexity index is 2430. The van der Waals surface area contributed by atoms with Crippen LogP contribution in [0.3, 0.4) is 0 Å². The molecule has 4 aromatic carbocycles. The van der Waals surface area contributed by atoms with E-state index < -0.39 is 20.1 Å². The lowest BCUT2D eigenvalue weighted by atomic mass is 9.93. The monoisotopic (exact) mass is 668 g/mol. The Kier molecular flexibility index (Phi) is 8.39. The number of anilines is 3. The average molecular weight is 669 g/mol. The SMILES string of the molecule is CC[N+](c1cccc(C)c1)=c1ccc2c(-c3ccccc3S(=O)(=O)O)c3ccc(Nc4cc(NS(C)(=O)=O)ccc4C)cc3oc-2c1. The fourth-order valence-corrected chi connectivity index (χ4v) is 7.07. The van der Waals surface area contributed by atoms with Crippen LogP contribution >= 0.6 is 0 Å². The number of hydrogen-bond acceptors (Lipinski definition) is 6. The Hall–Kier alpha value is -4.97. The van der Waals surface area contributed by atoms with Crippen molar-refractivity contribution in [1.29, 1.82) is 0 Å². The predicted octanol–water partition coefficient (Wildman–Crippen LogP) is 7.31. The minimum Gasteiger partial charge on any atom is -0.456 e. The summed E-state index contributed by atoms with van der Waals surface area (Å²) in [6.07, 6.45) is 1.10. The summed E-state index contributed by atoms with van der Waals surface area (Å²) in [4.78, 5) is -0.208. The van der Waals surface area contributed by atoms with E-state index in [0.29, 0.717) is 57.0 Å². The van der Waals surface area contributed by atoms with E-state index in [9.17, 15) is 21.4 Å².